The van der Waals surface area contributed by atoms with Crippen LogP contribution < -0.4 is 4.90 Å². The highest BCUT2D eigenvalue weighted by Crippen LogP contribution is 2.42. The molecule has 0 radical (unpaired) electrons. The number of anilines is 2. The second-order valence-corrected chi connectivity index (χ2v) is 6.79. The zero-order valence-corrected chi connectivity index (χ0v) is 15.0. The SMILES string of the molecule is O=C([C@H]1O[C@H]1c1cccc(Br)c1)N(c1ccccc1)c1ccccc1. The van der Waals surface area contributed by atoms with E-state index in [0.29, 0.717) is 0 Å². The topological polar surface area (TPSA) is 32.8 Å². The van der Waals surface area contributed by atoms with Crippen molar-refractivity contribution in [2.75, 3.05) is 4.90 Å². The number of ether oxygens (including phenoxy) is 1. The monoisotopic (exact) mass is 393 g/mol. The van der Waals surface area contributed by atoms with Gasteiger partial charge in [0.15, 0.2) is 6.10 Å². The number of hydrogen-bond acceptors (Lipinski definition) is 2. The molecule has 1 aliphatic heterocycles. The van der Waals surface area contributed by atoms with Gasteiger partial charge >= 0.3 is 0 Å². The first-order valence-electron chi connectivity index (χ1n) is 8.09. The first-order valence-corrected chi connectivity index (χ1v) is 8.88. The highest BCUT2D eigenvalue weighted by Gasteiger charge is 2.48. The van der Waals surface area contributed by atoms with Gasteiger partial charge in [-0.15, -0.1) is 0 Å². The van der Waals surface area contributed by atoms with Crippen LogP contribution in [0.3, 0.4) is 0 Å². The molecule has 0 aliphatic carbocycles. The van der Waals surface area contributed by atoms with Crippen molar-refractivity contribution in [3.63, 3.8) is 0 Å². The number of hydrogen-bond donors (Lipinski definition) is 0. The van der Waals surface area contributed by atoms with E-state index in [1.54, 1.807) is 4.90 Å². The lowest BCUT2D eigenvalue weighted by Crippen LogP contribution is -2.30. The lowest BCUT2D eigenvalue weighted by atomic mass is 10.1. The third-order valence-electron chi connectivity index (χ3n) is 4.16. The molecule has 3 aromatic rings. The number of epoxide rings is 1. The average molecular weight is 394 g/mol. The van der Waals surface area contributed by atoms with Gasteiger partial charge < -0.3 is 4.74 Å². The fraction of sp³-hybridized carbons (Fsp3) is 0.0952. The average Bonchev–Trinajstić information content (AvgIpc) is 3.45. The number of carbonyl (C=O) groups excluding carboxylic acids is 1. The number of nitrogens with zero attached hydrogens (tertiary/aromatic N) is 1. The molecule has 4 rings (SSSR count). The fourth-order valence-electron chi connectivity index (χ4n) is 2.92. The van der Waals surface area contributed by atoms with Crippen LogP contribution in [0.4, 0.5) is 11.4 Å². The van der Waals surface area contributed by atoms with Crippen molar-refractivity contribution >= 4 is 33.2 Å². The Morgan fingerprint density at radius 3 is 2.00 bits per heavy atom. The number of halogens is 1. The van der Waals surface area contributed by atoms with E-state index in [4.69, 9.17) is 4.74 Å². The summed E-state index contributed by atoms with van der Waals surface area (Å²) >= 11 is 3.47. The van der Waals surface area contributed by atoms with Crippen molar-refractivity contribution in [3.8, 4) is 0 Å². The number of benzene rings is 3. The summed E-state index contributed by atoms with van der Waals surface area (Å²) in [5.41, 5.74) is 2.68. The molecule has 0 aromatic heterocycles. The van der Waals surface area contributed by atoms with Gasteiger partial charge in [0.05, 0.1) is 0 Å². The third-order valence-corrected chi connectivity index (χ3v) is 4.65. The molecule has 25 heavy (non-hydrogen) atoms. The van der Waals surface area contributed by atoms with E-state index in [1.807, 2.05) is 84.9 Å². The van der Waals surface area contributed by atoms with Gasteiger partial charge in [0.2, 0.25) is 0 Å². The molecule has 3 nitrogen and oxygen atoms in total. The second-order valence-electron chi connectivity index (χ2n) is 5.88. The molecule has 0 unspecified atom stereocenters. The maximum absolute atomic E-state index is 13.2. The molecule has 4 heteroatoms. The Balaban J connectivity index is 1.64. The minimum absolute atomic E-state index is 0.0534. The van der Waals surface area contributed by atoms with Crippen molar-refractivity contribution in [2.45, 2.75) is 12.2 Å². The first kappa shape index (κ1) is 16.1. The van der Waals surface area contributed by atoms with Crippen LogP contribution in [0, 0.1) is 0 Å². The molecule has 1 aliphatic rings. The van der Waals surface area contributed by atoms with E-state index in [-0.39, 0.29) is 12.0 Å². The maximum Gasteiger partial charge on any atom is 0.263 e. The zero-order valence-electron chi connectivity index (χ0n) is 13.4. The minimum Gasteiger partial charge on any atom is -0.354 e. The van der Waals surface area contributed by atoms with Gasteiger partial charge in [0.25, 0.3) is 5.91 Å². The zero-order chi connectivity index (χ0) is 17.2. The summed E-state index contributed by atoms with van der Waals surface area (Å²) in [7, 11) is 0. The quantitative estimate of drug-likeness (QED) is 0.566. The molecular weight excluding hydrogens is 378 g/mol. The molecule has 1 heterocycles. The molecule has 0 bridgehead atoms. The molecule has 0 saturated carbocycles. The van der Waals surface area contributed by atoms with Crippen LogP contribution in [0.25, 0.3) is 0 Å². The fourth-order valence-corrected chi connectivity index (χ4v) is 3.34. The first-order chi connectivity index (χ1) is 12.2. The minimum atomic E-state index is -0.463. The molecule has 1 saturated heterocycles. The smallest absolute Gasteiger partial charge is 0.263 e. The summed E-state index contributed by atoms with van der Waals surface area (Å²) in [6, 6.07) is 27.2. The molecule has 0 spiro atoms. The van der Waals surface area contributed by atoms with E-state index >= 15 is 0 Å². The normalized spacial score (nSPS) is 18.6. The number of carbonyl (C=O) groups is 1. The van der Waals surface area contributed by atoms with Crippen LogP contribution in [0.1, 0.15) is 11.7 Å². The van der Waals surface area contributed by atoms with Gasteiger partial charge in [0.1, 0.15) is 6.10 Å². The molecule has 2 atom stereocenters. The van der Waals surface area contributed by atoms with Gasteiger partial charge in [-0.2, -0.15) is 0 Å². The Morgan fingerprint density at radius 2 is 1.44 bits per heavy atom. The summed E-state index contributed by atoms with van der Waals surface area (Å²) in [6.45, 7) is 0. The van der Waals surface area contributed by atoms with Crippen molar-refractivity contribution in [3.05, 3.63) is 95.0 Å². The Morgan fingerprint density at radius 1 is 0.840 bits per heavy atom. The molecule has 0 N–H and O–H groups in total. The lowest BCUT2D eigenvalue weighted by Gasteiger charge is -2.22. The summed E-state index contributed by atoms with van der Waals surface area (Å²) in [5.74, 6) is -0.0534. The summed E-state index contributed by atoms with van der Waals surface area (Å²) < 4.78 is 6.71. The van der Waals surface area contributed by atoms with Gasteiger partial charge in [-0.05, 0) is 42.0 Å². The van der Waals surface area contributed by atoms with Crippen LogP contribution in [-0.2, 0) is 9.53 Å². The number of amides is 1. The van der Waals surface area contributed by atoms with Crippen LogP contribution in [-0.4, -0.2) is 12.0 Å². The van der Waals surface area contributed by atoms with Crippen molar-refractivity contribution < 1.29 is 9.53 Å². The second kappa shape index (κ2) is 6.82. The Bertz CT molecular complexity index is 843. The predicted octanol–water partition coefficient (Wildman–Crippen LogP) is 5.25. The van der Waals surface area contributed by atoms with Crippen molar-refractivity contribution in [1.29, 1.82) is 0 Å². The van der Waals surface area contributed by atoms with Crippen LogP contribution >= 0.6 is 15.9 Å². The van der Waals surface area contributed by atoms with Crippen LogP contribution in [0.15, 0.2) is 89.4 Å². The number of rotatable bonds is 4. The standard InChI is InChI=1S/C21H16BrNO2/c22-16-9-7-8-15(14-16)19-20(25-19)21(24)23(17-10-3-1-4-11-17)18-12-5-2-6-13-18/h1-14,19-20H/t19-,20-/m0/s1. The van der Waals surface area contributed by atoms with Gasteiger partial charge in [-0.3, -0.25) is 9.69 Å². The van der Waals surface area contributed by atoms with E-state index in [9.17, 15) is 4.79 Å². The summed E-state index contributed by atoms with van der Waals surface area (Å²) in [6.07, 6.45) is -0.658. The van der Waals surface area contributed by atoms with E-state index in [0.717, 1.165) is 21.4 Å². The van der Waals surface area contributed by atoms with E-state index in [2.05, 4.69) is 15.9 Å². The highest BCUT2D eigenvalue weighted by atomic mass is 79.9. The molecule has 3 aromatic carbocycles. The van der Waals surface area contributed by atoms with E-state index in [1.165, 1.54) is 0 Å². The Kier molecular flexibility index (Phi) is 4.38. The largest absolute Gasteiger partial charge is 0.354 e. The lowest BCUT2D eigenvalue weighted by molar-refractivity contribution is -0.119. The maximum atomic E-state index is 13.2. The molecule has 1 fully saturated rings. The van der Waals surface area contributed by atoms with Crippen LogP contribution in [0.2, 0.25) is 0 Å². The van der Waals surface area contributed by atoms with E-state index < -0.39 is 6.10 Å². The Labute approximate surface area is 155 Å². The molecule has 1 amide bonds. The molecular formula is C21H16BrNO2. The Hall–Kier alpha value is -2.43. The third kappa shape index (κ3) is 3.36. The predicted molar refractivity (Wildman–Crippen MR) is 102 cm³/mol. The highest BCUT2D eigenvalue weighted by molar-refractivity contribution is 9.10. The van der Waals surface area contributed by atoms with Crippen molar-refractivity contribution in [1.82, 2.24) is 0 Å². The summed E-state index contributed by atoms with van der Waals surface area (Å²) in [4.78, 5) is 14.9. The van der Waals surface area contributed by atoms with Crippen LogP contribution in [0.5, 0.6) is 0 Å². The van der Waals surface area contributed by atoms with Gasteiger partial charge in [-0.25, -0.2) is 0 Å². The van der Waals surface area contributed by atoms with Gasteiger partial charge in [0, 0.05) is 15.8 Å². The number of para-hydroxylation sites is 2. The van der Waals surface area contributed by atoms with Gasteiger partial charge in [-0.1, -0.05) is 64.5 Å². The molecule has 124 valence electrons. The summed E-state index contributed by atoms with van der Waals surface area (Å²) in [5, 5.41) is 0. The van der Waals surface area contributed by atoms with Crippen molar-refractivity contribution in [2.24, 2.45) is 0 Å².